The molecule has 1 N–H and O–H groups in total. The third kappa shape index (κ3) is 2.83. The van der Waals surface area contributed by atoms with Gasteiger partial charge >= 0.3 is 5.97 Å². The van der Waals surface area contributed by atoms with Crippen LogP contribution in [0.15, 0.2) is 17.8 Å². The van der Waals surface area contributed by atoms with Crippen molar-refractivity contribution in [2.75, 3.05) is 7.11 Å². The second kappa shape index (κ2) is 7.29. The summed E-state index contributed by atoms with van der Waals surface area (Å²) in [6.07, 6.45) is 14.9. The molecule has 5 aliphatic carbocycles. The number of methoxy groups -OCH3 is 1. The largest absolute Gasteiger partial charge is 0.469 e. The highest BCUT2D eigenvalue weighted by atomic mass is 16.5. The van der Waals surface area contributed by atoms with E-state index in [4.69, 9.17) is 4.74 Å². The molecular formula is C32H48N2O2. The smallest absolute Gasteiger partial charge is 0.312 e. The van der Waals surface area contributed by atoms with E-state index in [2.05, 4.69) is 70.9 Å². The summed E-state index contributed by atoms with van der Waals surface area (Å²) in [6, 6.07) is 0. The molecule has 0 aromatic carbocycles. The maximum absolute atomic E-state index is 13.4. The minimum Gasteiger partial charge on any atom is -0.469 e. The Morgan fingerprint density at radius 2 is 1.72 bits per heavy atom. The summed E-state index contributed by atoms with van der Waals surface area (Å²) < 4.78 is 5.52. The quantitative estimate of drug-likeness (QED) is 0.328. The Hall–Kier alpha value is -1.58. The van der Waals surface area contributed by atoms with Crippen LogP contribution in [0.1, 0.15) is 111 Å². The first-order valence-electron chi connectivity index (χ1n) is 14.6. The van der Waals surface area contributed by atoms with Crippen LogP contribution in [-0.4, -0.2) is 23.3 Å². The number of hydrogen-bond donors (Lipinski definition) is 1. The summed E-state index contributed by atoms with van der Waals surface area (Å²) in [7, 11) is 1.60. The molecule has 3 saturated carbocycles. The number of carbonyl (C=O) groups is 1. The van der Waals surface area contributed by atoms with Gasteiger partial charge in [-0.1, -0.05) is 60.1 Å². The number of nitrogens with zero attached hydrogens (tertiary/aromatic N) is 1. The molecule has 4 nitrogen and oxygen atoms in total. The lowest BCUT2D eigenvalue weighted by Crippen LogP contribution is -2.64. The molecule has 6 rings (SSSR count). The van der Waals surface area contributed by atoms with Gasteiger partial charge < -0.3 is 4.74 Å². The van der Waals surface area contributed by atoms with Crippen molar-refractivity contribution < 1.29 is 9.53 Å². The van der Waals surface area contributed by atoms with Gasteiger partial charge in [-0.3, -0.25) is 9.89 Å². The molecule has 7 atom stereocenters. The van der Waals surface area contributed by atoms with Crippen LogP contribution in [0, 0.1) is 44.8 Å². The van der Waals surface area contributed by atoms with Crippen molar-refractivity contribution in [1.29, 1.82) is 0 Å². The van der Waals surface area contributed by atoms with Gasteiger partial charge in [-0.05, 0) is 103 Å². The van der Waals surface area contributed by atoms with E-state index in [1.165, 1.54) is 24.1 Å². The van der Waals surface area contributed by atoms with Gasteiger partial charge in [0.2, 0.25) is 0 Å². The predicted octanol–water partition coefficient (Wildman–Crippen LogP) is 7.40. The van der Waals surface area contributed by atoms with Crippen molar-refractivity contribution in [2.24, 2.45) is 44.8 Å². The molecular weight excluding hydrogens is 444 g/mol. The molecule has 0 aliphatic heterocycles. The normalized spacial score (nSPS) is 46.2. The van der Waals surface area contributed by atoms with Crippen molar-refractivity contribution in [3.63, 3.8) is 0 Å². The average Bonchev–Trinajstić information content (AvgIpc) is 3.27. The molecule has 1 aromatic rings. The molecule has 1 aromatic heterocycles. The topological polar surface area (TPSA) is 55.0 Å². The molecule has 1 heterocycles. The van der Waals surface area contributed by atoms with Crippen LogP contribution in [-0.2, 0) is 21.4 Å². The van der Waals surface area contributed by atoms with E-state index in [1.54, 1.807) is 12.7 Å². The predicted molar refractivity (Wildman–Crippen MR) is 143 cm³/mol. The van der Waals surface area contributed by atoms with Gasteiger partial charge in [0, 0.05) is 11.1 Å². The van der Waals surface area contributed by atoms with E-state index >= 15 is 0 Å². The first-order chi connectivity index (χ1) is 16.8. The Bertz CT molecular complexity index is 1130. The Balaban J connectivity index is 1.46. The van der Waals surface area contributed by atoms with Crippen LogP contribution in [0.25, 0.3) is 0 Å². The van der Waals surface area contributed by atoms with Crippen LogP contribution < -0.4 is 0 Å². The fourth-order valence-corrected chi connectivity index (χ4v) is 11.2. The maximum Gasteiger partial charge on any atom is 0.312 e. The summed E-state index contributed by atoms with van der Waals surface area (Å²) in [5.41, 5.74) is 5.12. The molecule has 5 aliphatic rings. The number of aromatic nitrogens is 2. The van der Waals surface area contributed by atoms with Gasteiger partial charge in [0.05, 0.1) is 18.7 Å². The van der Waals surface area contributed by atoms with E-state index in [1.807, 2.05) is 0 Å². The van der Waals surface area contributed by atoms with Crippen molar-refractivity contribution >= 4 is 5.97 Å². The number of ether oxygens (including phenoxy) is 1. The summed E-state index contributed by atoms with van der Waals surface area (Å²) in [5, 5.41) is 7.88. The lowest BCUT2D eigenvalue weighted by Gasteiger charge is -2.70. The summed E-state index contributed by atoms with van der Waals surface area (Å²) in [4.78, 5) is 13.4. The van der Waals surface area contributed by atoms with E-state index in [-0.39, 0.29) is 38.5 Å². The van der Waals surface area contributed by atoms with Crippen LogP contribution in [0.3, 0.4) is 0 Å². The zero-order valence-electron chi connectivity index (χ0n) is 24.0. The third-order valence-electron chi connectivity index (χ3n) is 13.3. The molecule has 0 saturated heterocycles. The minimum absolute atomic E-state index is 0.0513. The Kier molecular flexibility index (Phi) is 5.01. The second-order valence-electron chi connectivity index (χ2n) is 15.5. The molecule has 0 radical (unpaired) electrons. The number of hydrogen-bond acceptors (Lipinski definition) is 3. The number of nitrogens with one attached hydrogen (secondary N) is 1. The fourth-order valence-electron chi connectivity index (χ4n) is 11.2. The first-order valence-corrected chi connectivity index (χ1v) is 14.6. The number of rotatable bonds is 1. The number of fused-ring (bicyclic) bond motifs is 8. The molecule has 3 fully saturated rings. The third-order valence-corrected chi connectivity index (χ3v) is 13.3. The van der Waals surface area contributed by atoms with Crippen LogP contribution in [0.2, 0.25) is 0 Å². The lowest BCUT2D eigenvalue weighted by atomic mass is 9.33. The number of esters is 1. The highest BCUT2D eigenvalue weighted by Gasteiger charge is 2.69. The minimum atomic E-state index is -0.321. The highest BCUT2D eigenvalue weighted by molar-refractivity contribution is 5.78. The number of allylic oxidation sites excluding steroid dienone is 2. The Morgan fingerprint density at radius 3 is 2.44 bits per heavy atom. The number of carbonyl (C=O) groups excluding carboxylic acids is 1. The van der Waals surface area contributed by atoms with Crippen molar-refractivity contribution in [1.82, 2.24) is 10.2 Å². The first kappa shape index (κ1) is 24.7. The molecule has 198 valence electrons. The van der Waals surface area contributed by atoms with Crippen LogP contribution in [0.4, 0.5) is 0 Å². The molecule has 0 spiro atoms. The standard InChI is InChI=1S/C32H48N2O2/c1-27(2)13-15-32(26(35)36-8)16-14-30(6)21(22(32)18-27)9-10-24-29(5)17-20-19-33-34-25(20)28(3,4)23(29)11-12-31(24,30)7/h9,19,22-24H,10-18H2,1-8H3,(H,33,34)/t22-,23-,24-,29-,30+,31+,32-/m0/s1. The molecule has 0 unspecified atom stereocenters. The van der Waals surface area contributed by atoms with Crippen LogP contribution in [0.5, 0.6) is 0 Å². The number of aromatic amines is 1. The summed E-state index contributed by atoms with van der Waals surface area (Å²) in [5.74, 6) is 1.66. The molecule has 0 amide bonds. The van der Waals surface area contributed by atoms with Crippen molar-refractivity contribution in [3.05, 3.63) is 29.1 Å². The van der Waals surface area contributed by atoms with Gasteiger partial charge in [-0.2, -0.15) is 5.10 Å². The zero-order chi connectivity index (χ0) is 25.9. The van der Waals surface area contributed by atoms with Crippen molar-refractivity contribution in [3.8, 4) is 0 Å². The number of H-pyrrole nitrogens is 1. The summed E-state index contributed by atoms with van der Waals surface area (Å²) in [6.45, 7) is 17.6. The lowest BCUT2D eigenvalue weighted by molar-refractivity contribution is -0.179. The van der Waals surface area contributed by atoms with Crippen molar-refractivity contribution in [2.45, 2.75) is 112 Å². The van der Waals surface area contributed by atoms with Crippen LogP contribution >= 0.6 is 0 Å². The zero-order valence-corrected chi connectivity index (χ0v) is 24.0. The van der Waals surface area contributed by atoms with E-state index in [9.17, 15) is 4.79 Å². The molecule has 4 heteroatoms. The monoisotopic (exact) mass is 492 g/mol. The summed E-state index contributed by atoms with van der Waals surface area (Å²) >= 11 is 0. The van der Waals surface area contributed by atoms with E-state index < -0.39 is 0 Å². The molecule has 0 bridgehead atoms. The Labute approximate surface area is 218 Å². The highest BCUT2D eigenvalue weighted by Crippen LogP contribution is 2.75. The maximum atomic E-state index is 13.4. The van der Waals surface area contributed by atoms with Gasteiger partial charge in [0.15, 0.2) is 0 Å². The van der Waals surface area contributed by atoms with Gasteiger partial charge in [0.1, 0.15) is 0 Å². The molecule has 36 heavy (non-hydrogen) atoms. The van der Waals surface area contributed by atoms with E-state index in [0.717, 1.165) is 44.9 Å². The SMILES string of the molecule is COC(=O)[C@]12CCC(C)(C)C[C@H]1C1=CC[C@H]3[C@@]4(C)Cc5cn[nH]c5C(C)(C)[C@@H]4CC[C@@]3(C)[C@]1(C)CC2. The van der Waals surface area contributed by atoms with E-state index in [0.29, 0.717) is 17.8 Å². The van der Waals surface area contributed by atoms with Gasteiger partial charge in [-0.15, -0.1) is 0 Å². The average molecular weight is 493 g/mol. The van der Waals surface area contributed by atoms with Gasteiger partial charge in [0.25, 0.3) is 0 Å². The van der Waals surface area contributed by atoms with Gasteiger partial charge in [-0.25, -0.2) is 0 Å². The fraction of sp³-hybridized carbons (Fsp3) is 0.812. The Morgan fingerprint density at radius 1 is 1.00 bits per heavy atom. The second-order valence-corrected chi connectivity index (χ2v) is 15.5.